The van der Waals surface area contributed by atoms with Gasteiger partial charge in [-0.05, 0) is 46.6 Å². The molecular formula is C16H17BrN4. The first-order chi connectivity index (χ1) is 9.97. The smallest absolute Gasteiger partial charge is 0.142 e. The Balaban J connectivity index is 2.16. The zero-order valence-electron chi connectivity index (χ0n) is 12.3. The number of benzene rings is 1. The molecule has 3 aromatic rings. The second-order valence-electron chi connectivity index (χ2n) is 5.32. The first-order valence-electron chi connectivity index (χ1n) is 6.69. The molecule has 0 spiro atoms. The fourth-order valence-corrected chi connectivity index (χ4v) is 2.96. The van der Waals surface area contributed by atoms with Crippen molar-refractivity contribution < 1.29 is 0 Å². The van der Waals surface area contributed by atoms with Gasteiger partial charge in [0.2, 0.25) is 0 Å². The minimum Gasteiger partial charge on any atom is -0.383 e. The Labute approximate surface area is 132 Å². The van der Waals surface area contributed by atoms with E-state index in [1.54, 1.807) is 0 Å². The maximum atomic E-state index is 6.28. The molecule has 3 rings (SSSR count). The molecule has 0 amide bonds. The lowest BCUT2D eigenvalue weighted by atomic mass is 10.1. The van der Waals surface area contributed by atoms with Gasteiger partial charge < -0.3 is 10.6 Å². The third-order valence-electron chi connectivity index (χ3n) is 3.56. The lowest BCUT2D eigenvalue weighted by molar-refractivity contribution is 1.13. The van der Waals surface area contributed by atoms with Crippen molar-refractivity contribution in [1.29, 1.82) is 0 Å². The fraction of sp³-hybridized carbons (Fsp3) is 0.188. The maximum absolute atomic E-state index is 6.28. The van der Waals surface area contributed by atoms with Crippen LogP contribution in [-0.2, 0) is 0 Å². The minimum absolute atomic E-state index is 0.659. The Morgan fingerprint density at radius 3 is 2.48 bits per heavy atom. The molecule has 108 valence electrons. The quantitative estimate of drug-likeness (QED) is 0.770. The van der Waals surface area contributed by atoms with E-state index in [2.05, 4.69) is 45.1 Å². The monoisotopic (exact) mass is 344 g/mol. The predicted molar refractivity (Wildman–Crippen MR) is 91.8 cm³/mol. The number of hydrogen-bond acceptors (Lipinski definition) is 3. The van der Waals surface area contributed by atoms with Crippen LogP contribution < -0.4 is 10.6 Å². The van der Waals surface area contributed by atoms with Crippen molar-refractivity contribution in [3.05, 3.63) is 46.6 Å². The zero-order chi connectivity index (χ0) is 15.1. The first kappa shape index (κ1) is 13.9. The summed E-state index contributed by atoms with van der Waals surface area (Å²) in [5.41, 5.74) is 11.3. The summed E-state index contributed by atoms with van der Waals surface area (Å²) in [6.45, 7) is 2.03. The third-order valence-corrected chi connectivity index (χ3v) is 4.00. The molecule has 0 fully saturated rings. The number of nitrogens with two attached hydrogens (primary N) is 1. The molecule has 0 unspecified atom stereocenters. The molecule has 2 heterocycles. The van der Waals surface area contributed by atoms with Crippen LogP contribution in [0.25, 0.3) is 16.9 Å². The van der Waals surface area contributed by atoms with Gasteiger partial charge in [0.15, 0.2) is 0 Å². The van der Waals surface area contributed by atoms with Crippen molar-refractivity contribution >= 4 is 33.1 Å². The Morgan fingerprint density at radius 1 is 1.19 bits per heavy atom. The summed E-state index contributed by atoms with van der Waals surface area (Å²) >= 11 is 3.50. The van der Waals surface area contributed by atoms with Gasteiger partial charge >= 0.3 is 0 Å². The van der Waals surface area contributed by atoms with Crippen LogP contribution >= 0.6 is 15.9 Å². The number of aryl methyl sites for hydroxylation is 1. The van der Waals surface area contributed by atoms with E-state index in [1.807, 2.05) is 37.7 Å². The highest BCUT2D eigenvalue weighted by Crippen LogP contribution is 2.30. The molecule has 0 aliphatic rings. The highest BCUT2D eigenvalue weighted by atomic mass is 79.9. The summed E-state index contributed by atoms with van der Waals surface area (Å²) in [7, 11) is 4.05. The van der Waals surface area contributed by atoms with Crippen molar-refractivity contribution in [3.8, 4) is 11.3 Å². The van der Waals surface area contributed by atoms with Crippen LogP contribution in [0.3, 0.4) is 0 Å². The molecule has 0 aliphatic carbocycles. The van der Waals surface area contributed by atoms with Crippen molar-refractivity contribution in [1.82, 2.24) is 9.38 Å². The second kappa shape index (κ2) is 5.07. The number of anilines is 2. The number of imidazole rings is 1. The van der Waals surface area contributed by atoms with E-state index in [9.17, 15) is 0 Å². The van der Waals surface area contributed by atoms with E-state index in [4.69, 9.17) is 10.7 Å². The molecular weight excluding hydrogens is 328 g/mol. The predicted octanol–water partition coefficient (Wildman–Crippen LogP) is 3.72. The molecule has 21 heavy (non-hydrogen) atoms. The molecule has 5 heteroatoms. The van der Waals surface area contributed by atoms with Crippen LogP contribution in [0.15, 0.2) is 41.0 Å². The number of pyridine rings is 1. The van der Waals surface area contributed by atoms with Gasteiger partial charge in [0.1, 0.15) is 17.2 Å². The van der Waals surface area contributed by atoms with E-state index >= 15 is 0 Å². The highest BCUT2D eigenvalue weighted by Gasteiger charge is 2.13. The minimum atomic E-state index is 0.659. The average molecular weight is 345 g/mol. The Hall–Kier alpha value is -2.01. The van der Waals surface area contributed by atoms with Gasteiger partial charge in [-0.15, -0.1) is 0 Å². The van der Waals surface area contributed by atoms with Gasteiger partial charge in [0, 0.05) is 36.0 Å². The van der Waals surface area contributed by atoms with E-state index in [1.165, 1.54) is 0 Å². The molecule has 1 aromatic carbocycles. The molecule has 0 atom stereocenters. The van der Waals surface area contributed by atoms with E-state index in [0.717, 1.165) is 32.6 Å². The molecule has 0 aliphatic heterocycles. The van der Waals surface area contributed by atoms with Crippen LogP contribution in [0.5, 0.6) is 0 Å². The zero-order valence-corrected chi connectivity index (χ0v) is 13.8. The summed E-state index contributed by atoms with van der Waals surface area (Å²) in [5, 5.41) is 0. The van der Waals surface area contributed by atoms with Gasteiger partial charge in [-0.2, -0.15) is 0 Å². The lowest BCUT2D eigenvalue weighted by Gasteiger charge is -2.12. The molecule has 0 bridgehead atoms. The summed E-state index contributed by atoms with van der Waals surface area (Å²) in [6.07, 6.45) is 1.95. The number of aromatic nitrogens is 2. The summed E-state index contributed by atoms with van der Waals surface area (Å²) in [4.78, 5) is 6.77. The lowest BCUT2D eigenvalue weighted by Crippen LogP contribution is -2.07. The van der Waals surface area contributed by atoms with Gasteiger partial charge in [-0.1, -0.05) is 12.1 Å². The number of rotatable bonds is 2. The largest absolute Gasteiger partial charge is 0.383 e. The molecule has 4 nitrogen and oxygen atoms in total. The van der Waals surface area contributed by atoms with Gasteiger partial charge in [-0.3, -0.25) is 4.40 Å². The number of hydrogen-bond donors (Lipinski definition) is 1. The molecule has 2 N–H and O–H groups in total. The van der Waals surface area contributed by atoms with Gasteiger partial charge in [0.25, 0.3) is 0 Å². The first-order valence-corrected chi connectivity index (χ1v) is 7.48. The Morgan fingerprint density at radius 2 is 1.86 bits per heavy atom. The molecule has 0 radical (unpaired) electrons. The van der Waals surface area contributed by atoms with Crippen LogP contribution in [0.4, 0.5) is 11.5 Å². The summed E-state index contributed by atoms with van der Waals surface area (Å²) in [6, 6.07) is 10.3. The highest BCUT2D eigenvalue weighted by molar-refractivity contribution is 9.10. The van der Waals surface area contributed by atoms with Crippen molar-refractivity contribution in [2.45, 2.75) is 6.92 Å². The van der Waals surface area contributed by atoms with Gasteiger partial charge in [0.05, 0.1) is 0 Å². The van der Waals surface area contributed by atoms with Crippen molar-refractivity contribution in [2.24, 2.45) is 0 Å². The van der Waals surface area contributed by atoms with Crippen molar-refractivity contribution in [2.75, 3.05) is 24.7 Å². The van der Waals surface area contributed by atoms with E-state index < -0.39 is 0 Å². The summed E-state index contributed by atoms with van der Waals surface area (Å²) in [5.74, 6) is 0.659. The SMILES string of the molecule is Cc1cc(Br)cn2c(N)c(-c3ccc(N(C)C)cc3)nc12. The third kappa shape index (κ3) is 2.38. The second-order valence-corrected chi connectivity index (χ2v) is 6.24. The van der Waals surface area contributed by atoms with Gasteiger partial charge in [-0.25, -0.2) is 4.98 Å². The molecule has 0 saturated carbocycles. The fourth-order valence-electron chi connectivity index (χ4n) is 2.42. The van der Waals surface area contributed by atoms with Crippen LogP contribution in [0, 0.1) is 6.92 Å². The molecule has 2 aromatic heterocycles. The van der Waals surface area contributed by atoms with Crippen LogP contribution in [0.1, 0.15) is 5.56 Å². The number of nitrogens with zero attached hydrogens (tertiary/aromatic N) is 3. The average Bonchev–Trinajstić information content (AvgIpc) is 2.77. The van der Waals surface area contributed by atoms with Crippen molar-refractivity contribution in [3.63, 3.8) is 0 Å². The number of nitrogen functional groups attached to an aromatic ring is 1. The number of fused-ring (bicyclic) bond motifs is 1. The number of halogens is 1. The normalized spacial score (nSPS) is 11.0. The maximum Gasteiger partial charge on any atom is 0.142 e. The van der Waals surface area contributed by atoms with Crippen LogP contribution in [0.2, 0.25) is 0 Å². The standard InChI is InChI=1S/C16H17BrN4/c1-10-8-12(17)9-21-15(18)14(19-16(10)21)11-4-6-13(7-5-11)20(2)3/h4-9H,18H2,1-3H3. The van der Waals surface area contributed by atoms with E-state index in [0.29, 0.717) is 5.82 Å². The summed E-state index contributed by atoms with van der Waals surface area (Å²) < 4.78 is 2.92. The van der Waals surface area contributed by atoms with E-state index in [-0.39, 0.29) is 0 Å². The molecule has 0 saturated heterocycles. The topological polar surface area (TPSA) is 46.6 Å². The Bertz CT molecular complexity index is 803. The van der Waals surface area contributed by atoms with Crippen LogP contribution in [-0.4, -0.2) is 23.5 Å². The Kier molecular flexibility index (Phi) is 3.37.